The van der Waals surface area contributed by atoms with Gasteiger partial charge in [-0.1, -0.05) is 30.3 Å². The predicted molar refractivity (Wildman–Crippen MR) is 94.1 cm³/mol. The fraction of sp³-hybridized carbons (Fsp3) is 0.278. The summed E-state index contributed by atoms with van der Waals surface area (Å²) < 4.78 is 0. The van der Waals surface area contributed by atoms with E-state index in [1.54, 1.807) is 4.90 Å². The van der Waals surface area contributed by atoms with Crippen molar-refractivity contribution in [3.63, 3.8) is 0 Å². The van der Waals surface area contributed by atoms with Crippen molar-refractivity contribution in [2.75, 3.05) is 11.9 Å². The predicted octanol–water partition coefficient (Wildman–Crippen LogP) is 0.748. The number of carbonyl (C=O) groups excluding carboxylic acids is 3. The molecule has 26 heavy (non-hydrogen) atoms. The first-order valence-electron chi connectivity index (χ1n) is 8.32. The average Bonchev–Trinajstić information content (AvgIpc) is 3.13. The van der Waals surface area contributed by atoms with Crippen LogP contribution >= 0.6 is 0 Å². The standard InChI is InChI=1S/C18H19N5O3/c19-17(25)13-8-9-15(22-21-13)20-18(26)14-7-4-10-23(14)16(24)11-12-5-2-1-3-6-12/h1-3,5-6,8-9,14H,4,7,10-11H2,(H2,19,25)(H,20,22,26). The van der Waals surface area contributed by atoms with Crippen LogP contribution in [0.4, 0.5) is 5.82 Å². The van der Waals surface area contributed by atoms with E-state index in [1.165, 1.54) is 12.1 Å². The molecule has 1 aliphatic heterocycles. The molecule has 1 atom stereocenters. The third-order valence-electron chi connectivity index (χ3n) is 4.24. The maximum absolute atomic E-state index is 12.6. The van der Waals surface area contributed by atoms with Crippen LogP contribution in [0.15, 0.2) is 42.5 Å². The molecule has 2 heterocycles. The fourth-order valence-electron chi connectivity index (χ4n) is 2.95. The van der Waals surface area contributed by atoms with Crippen LogP contribution in [-0.2, 0) is 16.0 Å². The van der Waals surface area contributed by atoms with Crippen LogP contribution in [0.5, 0.6) is 0 Å². The van der Waals surface area contributed by atoms with Gasteiger partial charge in [-0.15, -0.1) is 10.2 Å². The number of hydrogen-bond acceptors (Lipinski definition) is 5. The molecule has 8 nitrogen and oxygen atoms in total. The Morgan fingerprint density at radius 3 is 2.54 bits per heavy atom. The zero-order valence-electron chi connectivity index (χ0n) is 14.1. The van der Waals surface area contributed by atoms with Crippen molar-refractivity contribution in [1.29, 1.82) is 0 Å². The van der Waals surface area contributed by atoms with Crippen molar-refractivity contribution < 1.29 is 14.4 Å². The Bertz CT molecular complexity index is 807. The van der Waals surface area contributed by atoms with Gasteiger partial charge in [-0.2, -0.15) is 0 Å². The van der Waals surface area contributed by atoms with Gasteiger partial charge in [0.05, 0.1) is 6.42 Å². The molecule has 1 unspecified atom stereocenters. The molecule has 1 aliphatic rings. The van der Waals surface area contributed by atoms with E-state index in [0.717, 1.165) is 12.0 Å². The molecule has 1 aromatic carbocycles. The van der Waals surface area contributed by atoms with Crippen molar-refractivity contribution in [2.45, 2.75) is 25.3 Å². The minimum Gasteiger partial charge on any atom is -0.364 e. The minimum absolute atomic E-state index is 0.0172. The molecule has 1 fully saturated rings. The summed E-state index contributed by atoms with van der Waals surface area (Å²) in [5.74, 6) is -0.875. The second-order valence-electron chi connectivity index (χ2n) is 6.06. The Hall–Kier alpha value is -3.29. The van der Waals surface area contributed by atoms with Crippen LogP contribution in [-0.4, -0.2) is 45.4 Å². The Morgan fingerprint density at radius 2 is 1.88 bits per heavy atom. The number of carbonyl (C=O) groups is 3. The smallest absolute Gasteiger partial charge is 0.269 e. The van der Waals surface area contributed by atoms with E-state index in [-0.39, 0.29) is 29.7 Å². The maximum atomic E-state index is 12.6. The summed E-state index contributed by atoms with van der Waals surface area (Å²) in [5, 5.41) is 10.1. The zero-order chi connectivity index (χ0) is 18.5. The number of anilines is 1. The first kappa shape index (κ1) is 17.5. The summed E-state index contributed by atoms with van der Waals surface area (Å²) in [6, 6.07) is 11.7. The lowest BCUT2D eigenvalue weighted by Gasteiger charge is -2.23. The van der Waals surface area contributed by atoms with Gasteiger partial charge in [0.25, 0.3) is 5.91 Å². The van der Waals surface area contributed by atoms with Crippen molar-refractivity contribution >= 4 is 23.5 Å². The van der Waals surface area contributed by atoms with Gasteiger partial charge in [-0.05, 0) is 30.5 Å². The number of nitrogens with one attached hydrogen (secondary N) is 1. The van der Waals surface area contributed by atoms with Gasteiger partial charge in [0.2, 0.25) is 11.8 Å². The highest BCUT2D eigenvalue weighted by atomic mass is 16.2. The molecule has 0 saturated carbocycles. The molecule has 3 N–H and O–H groups in total. The summed E-state index contributed by atoms with van der Waals surface area (Å²) in [7, 11) is 0. The second-order valence-corrected chi connectivity index (χ2v) is 6.06. The molecule has 134 valence electrons. The van der Waals surface area contributed by atoms with E-state index in [1.807, 2.05) is 30.3 Å². The number of primary amides is 1. The van der Waals surface area contributed by atoms with Gasteiger partial charge < -0.3 is 16.0 Å². The lowest BCUT2D eigenvalue weighted by molar-refractivity contribution is -0.136. The van der Waals surface area contributed by atoms with Crippen LogP contribution < -0.4 is 11.1 Å². The van der Waals surface area contributed by atoms with Crippen molar-refractivity contribution in [2.24, 2.45) is 5.73 Å². The number of nitrogens with two attached hydrogens (primary N) is 1. The molecule has 2 aromatic rings. The Morgan fingerprint density at radius 1 is 1.12 bits per heavy atom. The van der Waals surface area contributed by atoms with E-state index in [9.17, 15) is 14.4 Å². The molecule has 0 spiro atoms. The number of likely N-dealkylation sites (tertiary alicyclic amines) is 1. The van der Waals surface area contributed by atoms with E-state index in [2.05, 4.69) is 15.5 Å². The summed E-state index contributed by atoms with van der Waals surface area (Å²) in [4.78, 5) is 37.7. The first-order chi connectivity index (χ1) is 12.5. The summed E-state index contributed by atoms with van der Waals surface area (Å²) >= 11 is 0. The molecule has 0 radical (unpaired) electrons. The number of nitrogens with zero attached hydrogens (tertiary/aromatic N) is 3. The van der Waals surface area contributed by atoms with Gasteiger partial charge in [0.15, 0.2) is 11.5 Å². The highest BCUT2D eigenvalue weighted by Crippen LogP contribution is 2.20. The van der Waals surface area contributed by atoms with Crippen LogP contribution in [0.2, 0.25) is 0 Å². The number of amides is 3. The quantitative estimate of drug-likeness (QED) is 0.822. The van der Waals surface area contributed by atoms with Crippen LogP contribution in [0, 0.1) is 0 Å². The fourth-order valence-corrected chi connectivity index (χ4v) is 2.95. The van der Waals surface area contributed by atoms with Crippen molar-refractivity contribution in [3.8, 4) is 0 Å². The summed E-state index contributed by atoms with van der Waals surface area (Å²) in [6.07, 6.45) is 1.63. The number of benzene rings is 1. The average molecular weight is 353 g/mol. The number of hydrogen-bond donors (Lipinski definition) is 2. The minimum atomic E-state index is -0.691. The molecule has 1 aromatic heterocycles. The summed E-state index contributed by atoms with van der Waals surface area (Å²) in [6.45, 7) is 0.552. The van der Waals surface area contributed by atoms with Crippen molar-refractivity contribution in [3.05, 3.63) is 53.7 Å². The van der Waals surface area contributed by atoms with E-state index in [4.69, 9.17) is 5.73 Å². The normalized spacial score (nSPS) is 16.3. The lowest BCUT2D eigenvalue weighted by atomic mass is 10.1. The molecule has 0 aliphatic carbocycles. The second kappa shape index (κ2) is 7.73. The van der Waals surface area contributed by atoms with Crippen LogP contribution in [0.1, 0.15) is 28.9 Å². The monoisotopic (exact) mass is 353 g/mol. The molecule has 3 rings (SSSR count). The molecule has 8 heteroatoms. The molecule has 0 bridgehead atoms. The third kappa shape index (κ3) is 4.02. The summed E-state index contributed by atoms with van der Waals surface area (Å²) in [5.41, 5.74) is 6.04. The Labute approximate surface area is 150 Å². The zero-order valence-corrected chi connectivity index (χ0v) is 14.1. The molecular weight excluding hydrogens is 334 g/mol. The van der Waals surface area contributed by atoms with E-state index in [0.29, 0.717) is 13.0 Å². The number of aromatic nitrogens is 2. The first-order valence-corrected chi connectivity index (χ1v) is 8.32. The molecule has 1 saturated heterocycles. The lowest BCUT2D eigenvalue weighted by Crippen LogP contribution is -2.44. The van der Waals surface area contributed by atoms with E-state index >= 15 is 0 Å². The molecular formula is C18H19N5O3. The topological polar surface area (TPSA) is 118 Å². The largest absolute Gasteiger partial charge is 0.364 e. The SMILES string of the molecule is NC(=O)c1ccc(NC(=O)C2CCCN2C(=O)Cc2ccccc2)nn1. The highest BCUT2D eigenvalue weighted by molar-refractivity contribution is 5.97. The van der Waals surface area contributed by atoms with Gasteiger partial charge in [-0.3, -0.25) is 14.4 Å². The van der Waals surface area contributed by atoms with E-state index < -0.39 is 11.9 Å². The van der Waals surface area contributed by atoms with Crippen molar-refractivity contribution in [1.82, 2.24) is 15.1 Å². The van der Waals surface area contributed by atoms with Gasteiger partial charge >= 0.3 is 0 Å². The Kier molecular flexibility index (Phi) is 5.21. The van der Waals surface area contributed by atoms with Gasteiger partial charge in [0.1, 0.15) is 6.04 Å². The highest BCUT2D eigenvalue weighted by Gasteiger charge is 2.34. The maximum Gasteiger partial charge on any atom is 0.269 e. The van der Waals surface area contributed by atoms with Crippen LogP contribution in [0.25, 0.3) is 0 Å². The molecule has 3 amide bonds. The van der Waals surface area contributed by atoms with Gasteiger partial charge in [-0.25, -0.2) is 0 Å². The third-order valence-corrected chi connectivity index (χ3v) is 4.24. The van der Waals surface area contributed by atoms with Gasteiger partial charge in [0, 0.05) is 6.54 Å². The van der Waals surface area contributed by atoms with Crippen LogP contribution in [0.3, 0.4) is 0 Å². The number of rotatable bonds is 5. The Balaban J connectivity index is 1.64.